The minimum atomic E-state index is -0.513. The summed E-state index contributed by atoms with van der Waals surface area (Å²) in [4.78, 5) is 35.7. The third-order valence-electron chi connectivity index (χ3n) is 3.56. The van der Waals surface area contributed by atoms with Crippen molar-refractivity contribution in [1.82, 2.24) is 4.90 Å². The molecule has 2 aromatic carbocycles. The maximum Gasteiger partial charge on any atom is 0.269 e. The lowest BCUT2D eigenvalue weighted by atomic mass is 10.3. The van der Waals surface area contributed by atoms with Gasteiger partial charge < -0.3 is 15.4 Å². The summed E-state index contributed by atoms with van der Waals surface area (Å²) >= 11 is 0. The Bertz CT molecular complexity index is 806. The van der Waals surface area contributed by atoms with Crippen LogP contribution in [0.5, 0.6) is 5.75 Å². The fraction of sp³-hybridized carbons (Fsp3) is 0.222. The van der Waals surface area contributed by atoms with Crippen LogP contribution in [-0.4, -0.2) is 48.9 Å². The zero-order chi connectivity index (χ0) is 19.8. The molecule has 0 spiro atoms. The zero-order valence-corrected chi connectivity index (χ0v) is 15.0. The molecule has 27 heavy (non-hydrogen) atoms. The number of nitrogens with one attached hydrogen (secondary N) is 2. The van der Waals surface area contributed by atoms with Gasteiger partial charge in [-0.25, -0.2) is 0 Å². The molecule has 0 fully saturated rings. The Balaban J connectivity index is 1.79. The smallest absolute Gasteiger partial charge is 0.269 e. The second-order valence-electron chi connectivity index (χ2n) is 5.80. The lowest BCUT2D eigenvalue weighted by Gasteiger charge is -2.16. The fourth-order valence-electron chi connectivity index (χ4n) is 2.29. The number of hydrogen-bond acceptors (Lipinski definition) is 6. The molecular formula is C18H20N4O5. The molecule has 9 nitrogen and oxygen atoms in total. The molecule has 0 radical (unpaired) electrons. The van der Waals surface area contributed by atoms with Crippen LogP contribution in [0.15, 0.2) is 48.5 Å². The number of carbonyl (C=O) groups excluding carboxylic acids is 2. The van der Waals surface area contributed by atoms with Crippen molar-refractivity contribution in [3.63, 3.8) is 0 Å². The maximum absolute atomic E-state index is 12.0. The Morgan fingerprint density at radius 3 is 1.81 bits per heavy atom. The summed E-state index contributed by atoms with van der Waals surface area (Å²) in [6, 6.07) is 12.4. The molecule has 0 aliphatic heterocycles. The molecule has 9 heteroatoms. The minimum absolute atomic E-state index is 0.00692. The summed E-state index contributed by atoms with van der Waals surface area (Å²) in [6.45, 7) is 0.0206. The van der Waals surface area contributed by atoms with E-state index in [9.17, 15) is 19.7 Å². The molecule has 0 aliphatic rings. The minimum Gasteiger partial charge on any atom is -0.497 e. The fourth-order valence-corrected chi connectivity index (χ4v) is 2.29. The topological polar surface area (TPSA) is 114 Å². The molecule has 0 saturated carbocycles. The normalized spacial score (nSPS) is 10.3. The number of nitrogens with zero attached hydrogens (tertiary/aromatic N) is 2. The van der Waals surface area contributed by atoms with Crippen LogP contribution in [0.3, 0.4) is 0 Å². The molecule has 142 valence electrons. The van der Waals surface area contributed by atoms with Crippen molar-refractivity contribution in [2.75, 3.05) is 37.9 Å². The molecule has 0 saturated heterocycles. The first kappa shape index (κ1) is 19.9. The van der Waals surface area contributed by atoms with Gasteiger partial charge in [0, 0.05) is 23.5 Å². The summed E-state index contributed by atoms with van der Waals surface area (Å²) in [6.07, 6.45) is 0. The van der Waals surface area contributed by atoms with Crippen LogP contribution in [0.1, 0.15) is 0 Å². The number of ether oxygens (including phenoxy) is 1. The number of nitro benzene ring substituents is 1. The first-order chi connectivity index (χ1) is 12.9. The van der Waals surface area contributed by atoms with E-state index in [1.54, 1.807) is 43.3 Å². The van der Waals surface area contributed by atoms with Crippen molar-refractivity contribution in [2.24, 2.45) is 0 Å². The van der Waals surface area contributed by atoms with Gasteiger partial charge >= 0.3 is 0 Å². The van der Waals surface area contributed by atoms with Crippen molar-refractivity contribution >= 4 is 28.9 Å². The first-order valence-electron chi connectivity index (χ1n) is 8.04. The maximum atomic E-state index is 12.0. The van der Waals surface area contributed by atoms with E-state index < -0.39 is 4.92 Å². The molecule has 0 aliphatic carbocycles. The summed E-state index contributed by atoms with van der Waals surface area (Å²) in [5.41, 5.74) is 1.02. The summed E-state index contributed by atoms with van der Waals surface area (Å²) in [5, 5.41) is 16.0. The predicted molar refractivity (Wildman–Crippen MR) is 101 cm³/mol. The van der Waals surface area contributed by atoms with Crippen molar-refractivity contribution < 1.29 is 19.2 Å². The Morgan fingerprint density at radius 1 is 0.963 bits per heavy atom. The number of anilines is 2. The Morgan fingerprint density at radius 2 is 1.41 bits per heavy atom. The van der Waals surface area contributed by atoms with Gasteiger partial charge in [-0.05, 0) is 43.4 Å². The number of amides is 2. The third kappa shape index (κ3) is 6.40. The van der Waals surface area contributed by atoms with E-state index in [-0.39, 0.29) is 30.6 Å². The largest absolute Gasteiger partial charge is 0.497 e. The molecule has 2 N–H and O–H groups in total. The van der Waals surface area contributed by atoms with Crippen molar-refractivity contribution in [3.8, 4) is 5.75 Å². The highest BCUT2D eigenvalue weighted by Crippen LogP contribution is 2.16. The zero-order valence-electron chi connectivity index (χ0n) is 15.0. The molecule has 0 aromatic heterocycles. The molecule has 2 aromatic rings. The molecule has 0 unspecified atom stereocenters. The average molecular weight is 372 g/mol. The molecule has 0 bridgehead atoms. The van der Waals surface area contributed by atoms with Gasteiger partial charge in [0.25, 0.3) is 5.69 Å². The van der Waals surface area contributed by atoms with Crippen molar-refractivity contribution in [2.45, 2.75) is 0 Å². The van der Waals surface area contributed by atoms with Gasteiger partial charge in [-0.1, -0.05) is 0 Å². The number of hydrogen-bond donors (Lipinski definition) is 2. The van der Waals surface area contributed by atoms with Crippen LogP contribution >= 0.6 is 0 Å². The van der Waals surface area contributed by atoms with Gasteiger partial charge in [0.15, 0.2) is 0 Å². The monoisotopic (exact) mass is 372 g/mol. The quantitative estimate of drug-likeness (QED) is 0.542. The van der Waals surface area contributed by atoms with Crippen LogP contribution in [0.4, 0.5) is 17.1 Å². The van der Waals surface area contributed by atoms with Crippen LogP contribution in [0.25, 0.3) is 0 Å². The first-order valence-corrected chi connectivity index (χ1v) is 8.04. The van der Waals surface area contributed by atoms with Crippen molar-refractivity contribution in [3.05, 3.63) is 58.6 Å². The van der Waals surface area contributed by atoms with E-state index >= 15 is 0 Å². The van der Waals surface area contributed by atoms with E-state index in [1.165, 1.54) is 24.3 Å². The standard InChI is InChI=1S/C18H20N4O5/c1-21(12-18(24)20-14-5-9-16(27-2)10-6-14)11-17(23)19-13-3-7-15(8-4-13)22(25)26/h3-10H,11-12H2,1-2H3,(H,19,23)(H,20,24). The van der Waals surface area contributed by atoms with E-state index in [4.69, 9.17) is 4.74 Å². The van der Waals surface area contributed by atoms with E-state index in [2.05, 4.69) is 10.6 Å². The number of non-ortho nitro benzene ring substituents is 1. The predicted octanol–water partition coefficient (Wildman–Crippen LogP) is 2.11. The Labute approximate surface area is 156 Å². The number of nitro groups is 1. The number of likely N-dealkylation sites (N-methyl/N-ethyl adjacent to an activating group) is 1. The average Bonchev–Trinajstić information content (AvgIpc) is 2.62. The SMILES string of the molecule is COc1ccc(NC(=O)CN(C)CC(=O)Nc2ccc([N+](=O)[O-])cc2)cc1. The van der Waals surface area contributed by atoms with Crippen LogP contribution in [0, 0.1) is 10.1 Å². The van der Waals surface area contributed by atoms with Gasteiger partial charge in [0.05, 0.1) is 25.1 Å². The van der Waals surface area contributed by atoms with Gasteiger partial charge in [-0.3, -0.25) is 24.6 Å². The molecule has 2 rings (SSSR count). The van der Waals surface area contributed by atoms with Gasteiger partial charge in [0.1, 0.15) is 5.75 Å². The number of benzene rings is 2. The molecular weight excluding hydrogens is 352 g/mol. The van der Waals surface area contributed by atoms with Gasteiger partial charge in [-0.15, -0.1) is 0 Å². The van der Waals surface area contributed by atoms with Gasteiger partial charge in [-0.2, -0.15) is 0 Å². The lowest BCUT2D eigenvalue weighted by Crippen LogP contribution is -2.36. The van der Waals surface area contributed by atoms with E-state index in [0.717, 1.165) is 0 Å². The molecule has 2 amide bonds. The van der Waals surface area contributed by atoms with E-state index in [0.29, 0.717) is 17.1 Å². The number of rotatable bonds is 8. The number of carbonyl (C=O) groups is 2. The highest BCUT2D eigenvalue weighted by atomic mass is 16.6. The summed E-state index contributed by atoms with van der Waals surface area (Å²) in [7, 11) is 3.20. The summed E-state index contributed by atoms with van der Waals surface area (Å²) < 4.78 is 5.05. The molecule has 0 atom stereocenters. The van der Waals surface area contributed by atoms with Gasteiger partial charge in [0.2, 0.25) is 11.8 Å². The van der Waals surface area contributed by atoms with Crippen LogP contribution in [-0.2, 0) is 9.59 Å². The lowest BCUT2D eigenvalue weighted by molar-refractivity contribution is -0.384. The number of methoxy groups -OCH3 is 1. The Hall–Kier alpha value is -3.46. The highest BCUT2D eigenvalue weighted by Gasteiger charge is 2.12. The second kappa shape index (κ2) is 9.30. The van der Waals surface area contributed by atoms with E-state index in [1.807, 2.05) is 0 Å². The highest BCUT2D eigenvalue weighted by molar-refractivity contribution is 5.94. The van der Waals surface area contributed by atoms with Crippen LogP contribution < -0.4 is 15.4 Å². The van der Waals surface area contributed by atoms with Crippen molar-refractivity contribution in [1.29, 1.82) is 0 Å². The molecule has 0 heterocycles. The third-order valence-corrected chi connectivity index (χ3v) is 3.56. The summed E-state index contributed by atoms with van der Waals surface area (Å²) in [5.74, 6) is 0.0995. The Kier molecular flexibility index (Phi) is 6.84. The second-order valence-corrected chi connectivity index (χ2v) is 5.80. The van der Waals surface area contributed by atoms with Crippen LogP contribution in [0.2, 0.25) is 0 Å².